The lowest BCUT2D eigenvalue weighted by atomic mass is 9.76. The van der Waals surface area contributed by atoms with Crippen molar-refractivity contribution >= 4 is 5.84 Å². The molecule has 2 rings (SSSR count). The maximum Gasteiger partial charge on any atom is 0.139 e. The summed E-state index contributed by atoms with van der Waals surface area (Å²) in [6, 6.07) is 0. The number of oxime groups is 1. The highest BCUT2D eigenvalue weighted by atomic mass is 16.5. The van der Waals surface area contributed by atoms with Crippen LogP contribution in [0.4, 0.5) is 0 Å². The predicted molar refractivity (Wildman–Crippen MR) is 71.7 cm³/mol. The Morgan fingerprint density at radius 1 is 1.28 bits per heavy atom. The summed E-state index contributed by atoms with van der Waals surface area (Å²) < 4.78 is 6.06. The van der Waals surface area contributed by atoms with Crippen LogP contribution in [0.3, 0.4) is 0 Å². The van der Waals surface area contributed by atoms with Crippen molar-refractivity contribution in [2.45, 2.75) is 64.9 Å². The molecule has 0 unspecified atom stereocenters. The van der Waals surface area contributed by atoms with E-state index in [2.05, 4.69) is 19.0 Å². The molecule has 0 amide bonds. The number of hydrogen-bond acceptors (Lipinski definition) is 3. The van der Waals surface area contributed by atoms with Gasteiger partial charge in [-0.3, -0.25) is 0 Å². The monoisotopic (exact) mass is 254 g/mol. The zero-order valence-electron chi connectivity index (χ0n) is 11.6. The van der Waals surface area contributed by atoms with E-state index in [1.165, 1.54) is 25.7 Å². The first-order chi connectivity index (χ1) is 8.45. The molecule has 2 saturated carbocycles. The Hall–Kier alpha value is -0.770. The van der Waals surface area contributed by atoms with Crippen molar-refractivity contribution in [3.63, 3.8) is 0 Å². The summed E-state index contributed by atoms with van der Waals surface area (Å²) in [5.41, 5.74) is 6.25. The summed E-state index contributed by atoms with van der Waals surface area (Å²) >= 11 is 0. The van der Waals surface area contributed by atoms with E-state index < -0.39 is 0 Å². The molecule has 0 bridgehead atoms. The predicted octanol–water partition coefficient (Wildman–Crippen LogP) is 2.89. The SMILES string of the molecule is CC1(C)CCC(OCC2(CC(N)=NO)CC2)CC1. The van der Waals surface area contributed by atoms with Gasteiger partial charge in [0, 0.05) is 11.8 Å². The van der Waals surface area contributed by atoms with Gasteiger partial charge in [0.25, 0.3) is 0 Å². The molecule has 3 N–H and O–H groups in total. The van der Waals surface area contributed by atoms with E-state index in [0.717, 1.165) is 19.4 Å². The van der Waals surface area contributed by atoms with Gasteiger partial charge in [0.1, 0.15) is 5.84 Å². The van der Waals surface area contributed by atoms with Gasteiger partial charge in [0.05, 0.1) is 12.7 Å². The molecule has 0 atom stereocenters. The van der Waals surface area contributed by atoms with Gasteiger partial charge in [0.15, 0.2) is 0 Å². The molecule has 2 fully saturated rings. The minimum atomic E-state index is 0.170. The fourth-order valence-electron chi connectivity index (χ4n) is 2.80. The molecule has 2 aliphatic rings. The van der Waals surface area contributed by atoms with Gasteiger partial charge in [-0.05, 0) is 43.9 Å². The highest BCUT2D eigenvalue weighted by molar-refractivity contribution is 5.80. The smallest absolute Gasteiger partial charge is 0.139 e. The Morgan fingerprint density at radius 3 is 2.39 bits per heavy atom. The molecule has 0 aromatic heterocycles. The van der Waals surface area contributed by atoms with E-state index in [1.807, 2.05) is 0 Å². The Kier molecular flexibility index (Phi) is 3.85. The summed E-state index contributed by atoms with van der Waals surface area (Å²) in [4.78, 5) is 0. The Labute approximate surface area is 110 Å². The first-order valence-electron chi connectivity index (χ1n) is 7.03. The summed E-state index contributed by atoms with van der Waals surface area (Å²) in [6.45, 7) is 5.45. The van der Waals surface area contributed by atoms with Crippen LogP contribution in [-0.2, 0) is 4.74 Å². The summed E-state index contributed by atoms with van der Waals surface area (Å²) in [5, 5.41) is 11.7. The van der Waals surface area contributed by atoms with Gasteiger partial charge >= 0.3 is 0 Å². The second-order valence-corrected chi connectivity index (χ2v) is 6.94. The molecule has 4 nitrogen and oxygen atoms in total. The van der Waals surface area contributed by atoms with Crippen LogP contribution in [0, 0.1) is 10.8 Å². The average Bonchev–Trinajstić information content (AvgIpc) is 3.08. The van der Waals surface area contributed by atoms with E-state index in [9.17, 15) is 0 Å². The number of amidine groups is 1. The van der Waals surface area contributed by atoms with E-state index in [0.29, 0.717) is 23.8 Å². The van der Waals surface area contributed by atoms with Crippen molar-refractivity contribution in [3.8, 4) is 0 Å². The molecule has 0 spiro atoms. The van der Waals surface area contributed by atoms with Crippen LogP contribution >= 0.6 is 0 Å². The van der Waals surface area contributed by atoms with Crippen LogP contribution in [0.2, 0.25) is 0 Å². The maximum atomic E-state index is 8.62. The first-order valence-corrected chi connectivity index (χ1v) is 7.03. The van der Waals surface area contributed by atoms with Crippen molar-refractivity contribution in [1.29, 1.82) is 0 Å². The molecule has 0 aliphatic heterocycles. The van der Waals surface area contributed by atoms with Crippen LogP contribution in [0.5, 0.6) is 0 Å². The van der Waals surface area contributed by atoms with Crippen molar-refractivity contribution in [2.75, 3.05) is 6.61 Å². The molecule has 18 heavy (non-hydrogen) atoms. The third-order valence-electron chi connectivity index (χ3n) is 4.55. The topological polar surface area (TPSA) is 67.8 Å². The quantitative estimate of drug-likeness (QED) is 0.343. The van der Waals surface area contributed by atoms with E-state index in [1.54, 1.807) is 0 Å². The van der Waals surface area contributed by atoms with E-state index in [-0.39, 0.29) is 5.41 Å². The van der Waals surface area contributed by atoms with E-state index in [4.69, 9.17) is 15.7 Å². The largest absolute Gasteiger partial charge is 0.409 e. The Morgan fingerprint density at radius 2 is 1.89 bits per heavy atom. The first kappa shape index (κ1) is 13.7. The lowest BCUT2D eigenvalue weighted by Crippen LogP contribution is -2.29. The van der Waals surface area contributed by atoms with Crippen LogP contribution in [0.25, 0.3) is 0 Å². The average molecular weight is 254 g/mol. The highest BCUT2D eigenvalue weighted by Gasteiger charge is 2.44. The number of nitrogens with zero attached hydrogens (tertiary/aromatic N) is 1. The number of ether oxygens (including phenoxy) is 1. The fraction of sp³-hybridized carbons (Fsp3) is 0.929. The van der Waals surface area contributed by atoms with E-state index >= 15 is 0 Å². The minimum absolute atomic E-state index is 0.170. The standard InChI is InChI=1S/C14H26N2O2/c1-13(2)5-3-11(4-6-13)18-10-14(7-8-14)9-12(15)16-17/h11,17H,3-10H2,1-2H3,(H2,15,16). The van der Waals surface area contributed by atoms with Crippen LogP contribution in [0.15, 0.2) is 5.16 Å². The molecule has 0 saturated heterocycles. The van der Waals surface area contributed by atoms with Crippen LogP contribution < -0.4 is 5.73 Å². The van der Waals surface area contributed by atoms with Crippen molar-refractivity contribution in [2.24, 2.45) is 21.7 Å². The maximum absolute atomic E-state index is 8.62. The zero-order valence-corrected chi connectivity index (χ0v) is 11.6. The van der Waals surface area contributed by atoms with Crippen LogP contribution in [0.1, 0.15) is 58.8 Å². The summed E-state index contributed by atoms with van der Waals surface area (Å²) in [7, 11) is 0. The van der Waals surface area contributed by atoms with Crippen molar-refractivity contribution < 1.29 is 9.94 Å². The lowest BCUT2D eigenvalue weighted by molar-refractivity contribution is -0.0162. The van der Waals surface area contributed by atoms with Crippen molar-refractivity contribution in [1.82, 2.24) is 0 Å². The highest BCUT2D eigenvalue weighted by Crippen LogP contribution is 2.49. The second-order valence-electron chi connectivity index (χ2n) is 6.94. The minimum Gasteiger partial charge on any atom is -0.409 e. The molecule has 0 radical (unpaired) electrons. The van der Waals surface area contributed by atoms with Gasteiger partial charge in [-0.1, -0.05) is 19.0 Å². The van der Waals surface area contributed by atoms with Crippen LogP contribution in [-0.4, -0.2) is 23.8 Å². The molecule has 4 heteroatoms. The molecule has 0 aromatic rings. The number of rotatable bonds is 5. The summed E-state index contributed by atoms with van der Waals surface area (Å²) in [5.74, 6) is 0.334. The molecule has 104 valence electrons. The normalized spacial score (nSPS) is 27.1. The molecular formula is C14H26N2O2. The fourth-order valence-corrected chi connectivity index (χ4v) is 2.80. The zero-order chi connectivity index (χ0) is 13.2. The summed E-state index contributed by atoms with van der Waals surface area (Å²) in [6.07, 6.45) is 8.22. The third-order valence-corrected chi connectivity index (χ3v) is 4.55. The van der Waals surface area contributed by atoms with Crippen molar-refractivity contribution in [3.05, 3.63) is 0 Å². The van der Waals surface area contributed by atoms with Gasteiger partial charge in [-0.25, -0.2) is 0 Å². The third kappa shape index (κ3) is 3.61. The molecule has 0 heterocycles. The number of hydrogen-bond donors (Lipinski definition) is 2. The Bertz CT molecular complexity index is 312. The molecule has 2 aliphatic carbocycles. The second kappa shape index (κ2) is 5.08. The van der Waals surface area contributed by atoms with Gasteiger partial charge < -0.3 is 15.7 Å². The number of nitrogens with two attached hydrogens (primary N) is 1. The molecule has 0 aromatic carbocycles. The Balaban J connectivity index is 1.72. The molecular weight excluding hydrogens is 228 g/mol. The van der Waals surface area contributed by atoms with Gasteiger partial charge in [0.2, 0.25) is 0 Å². The lowest BCUT2D eigenvalue weighted by Gasteiger charge is -2.34. The van der Waals surface area contributed by atoms with Gasteiger partial charge in [-0.2, -0.15) is 0 Å². The van der Waals surface area contributed by atoms with Gasteiger partial charge in [-0.15, -0.1) is 0 Å².